The summed E-state index contributed by atoms with van der Waals surface area (Å²) < 4.78 is 6.09. The van der Waals surface area contributed by atoms with Crippen LogP contribution in [0, 0.1) is 17.8 Å². The maximum Gasteiger partial charge on any atom is 0.0975 e. The molecule has 2 aromatic rings. The van der Waals surface area contributed by atoms with E-state index in [0.29, 0.717) is 5.92 Å². The Morgan fingerprint density at radius 1 is 1.00 bits per heavy atom. The molecule has 2 bridgehead atoms. The Hall–Kier alpha value is -2.24. The third kappa shape index (κ3) is 2.19. The van der Waals surface area contributed by atoms with Gasteiger partial charge in [0.25, 0.3) is 0 Å². The van der Waals surface area contributed by atoms with Gasteiger partial charge in [-0.3, -0.25) is 0 Å². The smallest absolute Gasteiger partial charge is 0.0975 e. The molecule has 0 spiro atoms. The lowest BCUT2D eigenvalue weighted by atomic mass is 9.84. The Bertz CT molecular complexity index is 751. The fourth-order valence-corrected chi connectivity index (χ4v) is 3.39. The van der Waals surface area contributed by atoms with Crippen molar-refractivity contribution in [3.05, 3.63) is 65.2 Å². The molecule has 0 aliphatic carbocycles. The highest BCUT2D eigenvalue weighted by atomic mass is 16.5. The molecule has 0 N–H and O–H groups in total. The van der Waals surface area contributed by atoms with E-state index in [1.165, 1.54) is 16.8 Å². The van der Waals surface area contributed by atoms with E-state index in [9.17, 15) is 0 Å². The first-order valence-corrected chi connectivity index (χ1v) is 7.75. The number of hydrogen-bond donors (Lipinski definition) is 0. The molecule has 4 rings (SSSR count). The predicted octanol–water partition coefficient (Wildman–Crippen LogP) is 3.94. The van der Waals surface area contributed by atoms with Gasteiger partial charge in [-0.15, -0.1) is 0 Å². The number of hydrogen-bond acceptors (Lipinski definition) is 2. The van der Waals surface area contributed by atoms with Crippen LogP contribution < -0.4 is 4.90 Å². The van der Waals surface area contributed by atoms with Gasteiger partial charge in [-0.05, 0) is 41.8 Å². The van der Waals surface area contributed by atoms with Crippen LogP contribution in [0.15, 0.2) is 48.5 Å². The third-order valence-corrected chi connectivity index (χ3v) is 4.58. The average molecular weight is 289 g/mol. The minimum atomic E-state index is 0.162. The first-order chi connectivity index (χ1) is 10.7. The van der Waals surface area contributed by atoms with E-state index < -0.39 is 0 Å². The summed E-state index contributed by atoms with van der Waals surface area (Å²) in [6, 6.07) is 16.9. The molecule has 3 atom stereocenters. The molecule has 2 aliphatic heterocycles. The minimum Gasteiger partial charge on any atom is -0.378 e. The van der Waals surface area contributed by atoms with Gasteiger partial charge in [0, 0.05) is 25.3 Å². The molecule has 1 saturated heterocycles. The van der Waals surface area contributed by atoms with Gasteiger partial charge in [0.05, 0.1) is 18.1 Å². The fourth-order valence-electron chi connectivity index (χ4n) is 3.39. The molecule has 0 amide bonds. The zero-order valence-corrected chi connectivity index (χ0v) is 12.9. The van der Waals surface area contributed by atoms with Crippen LogP contribution in [0.4, 0.5) is 5.69 Å². The van der Waals surface area contributed by atoms with Crippen molar-refractivity contribution in [1.29, 1.82) is 0 Å². The molecule has 22 heavy (non-hydrogen) atoms. The number of ether oxygens (including phenoxy) is 1. The highest BCUT2D eigenvalue weighted by Crippen LogP contribution is 2.53. The van der Waals surface area contributed by atoms with Crippen LogP contribution >= 0.6 is 0 Å². The van der Waals surface area contributed by atoms with Crippen molar-refractivity contribution in [2.24, 2.45) is 5.92 Å². The van der Waals surface area contributed by atoms with Crippen molar-refractivity contribution in [3.8, 4) is 11.8 Å². The summed E-state index contributed by atoms with van der Waals surface area (Å²) in [7, 11) is 4.09. The van der Waals surface area contributed by atoms with Crippen LogP contribution in [-0.4, -0.2) is 14.1 Å². The Morgan fingerprint density at radius 3 is 2.45 bits per heavy atom. The summed E-state index contributed by atoms with van der Waals surface area (Å²) in [5.74, 6) is 7.06. The third-order valence-electron chi connectivity index (χ3n) is 4.58. The second kappa shape index (κ2) is 5.19. The second-order valence-electron chi connectivity index (χ2n) is 6.23. The lowest BCUT2D eigenvalue weighted by Gasteiger charge is -2.16. The maximum atomic E-state index is 6.09. The van der Waals surface area contributed by atoms with Crippen LogP contribution in [0.3, 0.4) is 0 Å². The van der Waals surface area contributed by atoms with E-state index in [-0.39, 0.29) is 12.2 Å². The van der Waals surface area contributed by atoms with Crippen LogP contribution in [0.5, 0.6) is 0 Å². The van der Waals surface area contributed by atoms with E-state index in [1.54, 1.807) is 0 Å². The van der Waals surface area contributed by atoms with Gasteiger partial charge in [0.2, 0.25) is 0 Å². The van der Waals surface area contributed by atoms with Crippen LogP contribution in [-0.2, 0) is 4.74 Å². The minimum absolute atomic E-state index is 0.162. The van der Waals surface area contributed by atoms with E-state index in [4.69, 9.17) is 4.74 Å². The lowest BCUT2D eigenvalue weighted by molar-refractivity contribution is 0.0657. The Morgan fingerprint density at radius 2 is 1.73 bits per heavy atom. The largest absolute Gasteiger partial charge is 0.378 e. The van der Waals surface area contributed by atoms with Gasteiger partial charge in [-0.2, -0.15) is 0 Å². The Kier molecular flexibility index (Phi) is 3.17. The van der Waals surface area contributed by atoms with Crippen molar-refractivity contribution >= 4 is 5.69 Å². The lowest BCUT2D eigenvalue weighted by Crippen LogP contribution is -2.09. The monoisotopic (exact) mass is 289 g/mol. The summed E-state index contributed by atoms with van der Waals surface area (Å²) in [5.41, 5.74) is 4.96. The van der Waals surface area contributed by atoms with Gasteiger partial charge in [-0.25, -0.2) is 0 Å². The number of rotatable bonds is 1. The number of fused-ring (bicyclic) bond motifs is 5. The van der Waals surface area contributed by atoms with E-state index in [0.717, 1.165) is 12.0 Å². The topological polar surface area (TPSA) is 12.5 Å². The van der Waals surface area contributed by atoms with Gasteiger partial charge in [0.15, 0.2) is 0 Å². The van der Waals surface area contributed by atoms with Crippen LogP contribution in [0.2, 0.25) is 0 Å². The van der Waals surface area contributed by atoms with Crippen molar-refractivity contribution in [1.82, 2.24) is 0 Å². The standard InChI is InChI=1S/C20H19NO/c1-21(2)16-11-8-14(9-12-16)7-10-15-13-19-17-5-3-4-6-18(17)20(15)22-19/h3-6,8-9,11-12,15,19-20H,13H2,1-2H3/t15-,19?,20?/m1/s1. The van der Waals surface area contributed by atoms with E-state index >= 15 is 0 Å². The van der Waals surface area contributed by atoms with Gasteiger partial charge < -0.3 is 9.64 Å². The first-order valence-electron chi connectivity index (χ1n) is 7.75. The van der Waals surface area contributed by atoms with E-state index in [1.807, 2.05) is 14.1 Å². The SMILES string of the molecule is CN(C)c1ccc(C#C[C@@H]2CC3OC2c2ccccc23)cc1. The summed E-state index contributed by atoms with van der Waals surface area (Å²) >= 11 is 0. The summed E-state index contributed by atoms with van der Waals surface area (Å²) in [6.07, 6.45) is 1.43. The maximum absolute atomic E-state index is 6.09. The molecule has 2 heteroatoms. The predicted molar refractivity (Wildman–Crippen MR) is 88.8 cm³/mol. The summed E-state index contributed by atoms with van der Waals surface area (Å²) in [5, 5.41) is 0. The number of anilines is 1. The highest BCUT2D eigenvalue weighted by Gasteiger charge is 2.44. The normalized spacial score (nSPS) is 24.5. The number of benzene rings is 2. The molecule has 2 heterocycles. The first kappa shape index (κ1) is 13.4. The van der Waals surface area contributed by atoms with Crippen molar-refractivity contribution in [2.75, 3.05) is 19.0 Å². The molecular formula is C20H19NO. The quantitative estimate of drug-likeness (QED) is 0.737. The van der Waals surface area contributed by atoms with Crippen molar-refractivity contribution < 1.29 is 4.74 Å². The van der Waals surface area contributed by atoms with Gasteiger partial charge >= 0.3 is 0 Å². The molecule has 110 valence electrons. The molecule has 1 fully saturated rings. The molecule has 2 aliphatic rings. The van der Waals surface area contributed by atoms with Crippen molar-refractivity contribution in [3.63, 3.8) is 0 Å². The molecule has 2 aromatic carbocycles. The van der Waals surface area contributed by atoms with Crippen LogP contribution in [0.25, 0.3) is 0 Å². The Balaban J connectivity index is 1.55. The molecule has 2 unspecified atom stereocenters. The zero-order valence-electron chi connectivity index (χ0n) is 12.9. The molecule has 2 nitrogen and oxygen atoms in total. The van der Waals surface area contributed by atoms with E-state index in [2.05, 4.69) is 65.3 Å². The van der Waals surface area contributed by atoms with Gasteiger partial charge in [-0.1, -0.05) is 36.1 Å². The zero-order chi connectivity index (χ0) is 15.1. The second-order valence-corrected chi connectivity index (χ2v) is 6.23. The Labute approximate surface area is 131 Å². The molecule has 0 aromatic heterocycles. The summed E-state index contributed by atoms with van der Waals surface area (Å²) in [4.78, 5) is 2.10. The molecule has 0 saturated carbocycles. The van der Waals surface area contributed by atoms with Crippen molar-refractivity contribution in [2.45, 2.75) is 18.6 Å². The van der Waals surface area contributed by atoms with Gasteiger partial charge in [0.1, 0.15) is 0 Å². The molecular weight excluding hydrogens is 270 g/mol. The van der Waals surface area contributed by atoms with Crippen LogP contribution in [0.1, 0.15) is 35.3 Å². The highest BCUT2D eigenvalue weighted by molar-refractivity contribution is 5.50. The average Bonchev–Trinajstić information content (AvgIpc) is 3.12. The molecule has 0 radical (unpaired) electrons. The number of nitrogens with zero attached hydrogens (tertiary/aromatic N) is 1. The fraction of sp³-hybridized carbons (Fsp3) is 0.300. The summed E-state index contributed by atoms with van der Waals surface area (Å²) in [6.45, 7) is 0.